The Labute approximate surface area is 177 Å². The highest BCUT2D eigenvalue weighted by atomic mass is 35.5. The molecule has 0 fully saturated rings. The lowest BCUT2D eigenvalue weighted by atomic mass is 9.90. The van der Waals surface area contributed by atoms with E-state index in [1.165, 1.54) is 6.07 Å². The number of aryl methyl sites for hydroxylation is 1. The van der Waals surface area contributed by atoms with Crippen LogP contribution in [0.3, 0.4) is 0 Å². The van der Waals surface area contributed by atoms with Crippen molar-refractivity contribution in [3.05, 3.63) is 75.1 Å². The van der Waals surface area contributed by atoms with Crippen molar-refractivity contribution in [1.82, 2.24) is 4.58 Å². The number of halogens is 2. The normalized spacial score (nSPS) is 11.2. The summed E-state index contributed by atoms with van der Waals surface area (Å²) in [5, 5.41) is 12.1. The number of carbonyl (C=O) groups is 1. The van der Waals surface area contributed by atoms with Crippen LogP contribution in [0.2, 0.25) is 10.0 Å². The Bertz CT molecular complexity index is 1330. The lowest BCUT2D eigenvalue weighted by Crippen LogP contribution is -2.21. The number of rotatable bonds is 2. The van der Waals surface area contributed by atoms with Crippen molar-refractivity contribution in [2.24, 2.45) is 0 Å². The van der Waals surface area contributed by atoms with E-state index in [1.807, 2.05) is 62.0 Å². The smallest absolute Gasteiger partial charge is 0.336 e. The molecule has 2 aliphatic rings. The molecule has 146 valence electrons. The van der Waals surface area contributed by atoms with E-state index in [1.54, 1.807) is 6.07 Å². The molecule has 0 bridgehead atoms. The minimum Gasteiger partial charge on any atom is -0.478 e. The van der Waals surface area contributed by atoms with Gasteiger partial charge in [0.05, 0.1) is 21.7 Å². The van der Waals surface area contributed by atoms with Crippen molar-refractivity contribution in [1.29, 1.82) is 0 Å². The molecule has 1 aliphatic carbocycles. The number of carboxylic acid groups (broad SMARTS) is 1. The van der Waals surface area contributed by atoms with Gasteiger partial charge in [0, 0.05) is 22.6 Å². The summed E-state index contributed by atoms with van der Waals surface area (Å²) in [4.78, 5) is 12.0. The van der Waals surface area contributed by atoms with E-state index in [-0.39, 0.29) is 10.6 Å². The number of nitrogens with zero attached hydrogens (tertiary/aromatic N) is 1. The number of benzene rings is 3. The summed E-state index contributed by atoms with van der Waals surface area (Å²) >= 11 is 12.4. The third kappa shape index (κ3) is 3.39. The third-order valence-electron chi connectivity index (χ3n) is 4.94. The molecule has 4 nitrogen and oxygen atoms in total. The largest absolute Gasteiger partial charge is 0.478 e. The van der Waals surface area contributed by atoms with Crippen molar-refractivity contribution in [2.75, 3.05) is 14.1 Å². The van der Waals surface area contributed by atoms with E-state index < -0.39 is 5.97 Å². The van der Waals surface area contributed by atoms with E-state index >= 15 is 0 Å². The Morgan fingerprint density at radius 1 is 0.966 bits per heavy atom. The molecule has 0 saturated heterocycles. The number of carboxylic acids is 1. The lowest BCUT2D eigenvalue weighted by Gasteiger charge is -2.17. The quantitative estimate of drug-likeness (QED) is 0.337. The SMILES string of the molecule is Cc1ccc2c(-c3cc(Cl)c(Cl)cc3C(=O)O)c3ccc(=[N+](C)C)cc-3oc2c1. The Kier molecular flexibility index (Phi) is 4.85. The zero-order chi connectivity index (χ0) is 20.9. The second kappa shape index (κ2) is 7.21. The van der Waals surface area contributed by atoms with Crippen LogP contribution >= 0.6 is 23.2 Å². The average Bonchev–Trinajstić information content (AvgIpc) is 2.67. The molecule has 6 heteroatoms. The van der Waals surface area contributed by atoms with Crippen molar-refractivity contribution in [2.45, 2.75) is 6.92 Å². The maximum absolute atomic E-state index is 12.0. The molecule has 0 spiro atoms. The molecule has 1 heterocycles. The molecule has 4 rings (SSSR count). The van der Waals surface area contributed by atoms with E-state index in [0.717, 1.165) is 27.4 Å². The first-order valence-electron chi connectivity index (χ1n) is 8.96. The fourth-order valence-corrected chi connectivity index (χ4v) is 3.81. The van der Waals surface area contributed by atoms with Gasteiger partial charge in [0.1, 0.15) is 25.4 Å². The summed E-state index contributed by atoms with van der Waals surface area (Å²) < 4.78 is 8.18. The van der Waals surface area contributed by atoms with Crippen LogP contribution in [-0.4, -0.2) is 25.2 Å². The molecule has 1 aliphatic heterocycles. The fourth-order valence-electron chi connectivity index (χ4n) is 3.49. The summed E-state index contributed by atoms with van der Waals surface area (Å²) in [6, 6.07) is 14.7. The molecular weight excluding hydrogens is 409 g/mol. The molecule has 0 unspecified atom stereocenters. The van der Waals surface area contributed by atoms with Gasteiger partial charge in [-0.2, -0.15) is 0 Å². The molecule has 0 amide bonds. The van der Waals surface area contributed by atoms with Crippen molar-refractivity contribution in [3.8, 4) is 22.5 Å². The number of fused-ring (bicyclic) bond motifs is 2. The molecule has 0 atom stereocenters. The van der Waals surface area contributed by atoms with Gasteiger partial charge in [-0.15, -0.1) is 0 Å². The van der Waals surface area contributed by atoms with Crippen molar-refractivity contribution < 1.29 is 14.3 Å². The first kappa shape index (κ1) is 19.5. The van der Waals surface area contributed by atoms with Crippen LogP contribution in [0, 0.1) is 6.92 Å². The summed E-state index contributed by atoms with van der Waals surface area (Å²) in [5.74, 6) is -0.413. The number of aromatic carboxylic acids is 1. The van der Waals surface area contributed by atoms with E-state index in [4.69, 9.17) is 27.6 Å². The van der Waals surface area contributed by atoms with Gasteiger partial charge in [0.15, 0.2) is 0 Å². The van der Waals surface area contributed by atoms with Gasteiger partial charge < -0.3 is 9.52 Å². The highest BCUT2D eigenvalue weighted by molar-refractivity contribution is 6.42. The molecule has 0 saturated carbocycles. The molecule has 2 aromatic rings. The third-order valence-corrected chi connectivity index (χ3v) is 5.66. The Morgan fingerprint density at radius 3 is 2.38 bits per heavy atom. The van der Waals surface area contributed by atoms with Crippen molar-refractivity contribution in [3.63, 3.8) is 0 Å². The summed E-state index contributed by atoms with van der Waals surface area (Å²) in [5.41, 5.74) is 3.86. The van der Waals surface area contributed by atoms with E-state index in [9.17, 15) is 9.90 Å². The van der Waals surface area contributed by atoms with Crippen LogP contribution in [0.1, 0.15) is 15.9 Å². The molecule has 0 radical (unpaired) electrons. The second-order valence-corrected chi connectivity index (χ2v) is 7.98. The van der Waals surface area contributed by atoms with Gasteiger partial charge in [-0.3, -0.25) is 0 Å². The van der Waals surface area contributed by atoms with Crippen LogP contribution in [-0.2, 0) is 0 Å². The Hall–Kier alpha value is -2.82. The molecule has 29 heavy (non-hydrogen) atoms. The van der Waals surface area contributed by atoms with Gasteiger partial charge in [-0.05, 0) is 42.3 Å². The van der Waals surface area contributed by atoms with Gasteiger partial charge in [-0.25, -0.2) is 9.37 Å². The minimum absolute atomic E-state index is 0.0884. The predicted molar refractivity (Wildman–Crippen MR) is 117 cm³/mol. The van der Waals surface area contributed by atoms with Gasteiger partial charge in [-0.1, -0.05) is 35.3 Å². The summed E-state index contributed by atoms with van der Waals surface area (Å²) in [7, 11) is 3.91. The summed E-state index contributed by atoms with van der Waals surface area (Å²) in [6.45, 7) is 1.98. The predicted octanol–water partition coefficient (Wildman–Crippen LogP) is 5.55. The maximum Gasteiger partial charge on any atom is 0.336 e. The monoisotopic (exact) mass is 426 g/mol. The average molecular weight is 427 g/mol. The van der Waals surface area contributed by atoms with E-state index in [0.29, 0.717) is 21.9 Å². The van der Waals surface area contributed by atoms with Gasteiger partial charge in [0.25, 0.3) is 0 Å². The highest BCUT2D eigenvalue weighted by Crippen LogP contribution is 2.43. The van der Waals surface area contributed by atoms with Crippen LogP contribution in [0.4, 0.5) is 0 Å². The van der Waals surface area contributed by atoms with Gasteiger partial charge in [0.2, 0.25) is 5.36 Å². The number of hydrogen-bond acceptors (Lipinski definition) is 2. The molecular formula is C23H18Cl2NO3+. The van der Waals surface area contributed by atoms with Crippen LogP contribution in [0.25, 0.3) is 33.4 Å². The Morgan fingerprint density at radius 2 is 1.69 bits per heavy atom. The maximum atomic E-state index is 12.0. The van der Waals surface area contributed by atoms with Gasteiger partial charge >= 0.3 is 5.97 Å². The molecule has 2 aromatic carbocycles. The van der Waals surface area contributed by atoms with Crippen molar-refractivity contribution >= 4 is 40.1 Å². The standard InChI is InChI=1S/C23H17Cl2NO3/c1-12-4-6-14-20(8-12)29-21-9-13(26(2)3)5-7-15(21)22(14)16-10-18(24)19(25)11-17(16)23(27)28/h4-11H,1-3H3/p+1. The molecule has 1 N–H and O–H groups in total. The molecule has 0 aromatic heterocycles. The number of hydrogen-bond donors (Lipinski definition) is 1. The zero-order valence-electron chi connectivity index (χ0n) is 16.1. The first-order chi connectivity index (χ1) is 13.8. The first-order valence-corrected chi connectivity index (χ1v) is 9.72. The highest BCUT2D eigenvalue weighted by Gasteiger charge is 2.23. The van der Waals surface area contributed by atoms with Crippen LogP contribution in [0.5, 0.6) is 0 Å². The fraction of sp³-hybridized carbons (Fsp3) is 0.130. The Balaban J connectivity index is 2.23. The summed E-state index contributed by atoms with van der Waals surface area (Å²) in [6.07, 6.45) is 0. The zero-order valence-corrected chi connectivity index (χ0v) is 17.6. The minimum atomic E-state index is -1.07. The lowest BCUT2D eigenvalue weighted by molar-refractivity contribution is 0.0697. The second-order valence-electron chi connectivity index (χ2n) is 7.17. The topological polar surface area (TPSA) is 53.4 Å². The van der Waals surface area contributed by atoms with Crippen LogP contribution < -0.4 is 9.93 Å². The van der Waals surface area contributed by atoms with E-state index in [2.05, 4.69) is 0 Å². The van der Waals surface area contributed by atoms with Crippen LogP contribution in [0.15, 0.2) is 52.9 Å².